The van der Waals surface area contributed by atoms with Crippen LogP contribution in [0.1, 0.15) is 62.2 Å². The van der Waals surface area contributed by atoms with E-state index >= 15 is 0 Å². The van der Waals surface area contributed by atoms with Crippen LogP contribution in [-0.4, -0.2) is 38.0 Å². The summed E-state index contributed by atoms with van der Waals surface area (Å²) in [6.45, 7) is 2.17. The number of hydrazine groups is 1. The maximum atomic E-state index is 12.5. The Hall–Kier alpha value is -2.77. The van der Waals surface area contributed by atoms with Crippen molar-refractivity contribution in [2.24, 2.45) is 23.2 Å². The Bertz CT molecular complexity index is 849. The van der Waals surface area contributed by atoms with Gasteiger partial charge in [0, 0.05) is 12.0 Å². The number of benzene rings is 1. The van der Waals surface area contributed by atoms with Crippen molar-refractivity contribution in [3.8, 4) is 11.5 Å². The van der Waals surface area contributed by atoms with E-state index in [9.17, 15) is 14.4 Å². The summed E-state index contributed by atoms with van der Waals surface area (Å²) in [6, 6.07) is 4.77. The molecule has 8 nitrogen and oxygen atoms in total. The Balaban J connectivity index is 1.21. The molecule has 3 amide bonds. The van der Waals surface area contributed by atoms with Gasteiger partial charge >= 0.3 is 0 Å². The lowest BCUT2D eigenvalue weighted by Gasteiger charge is -2.56. The van der Waals surface area contributed by atoms with Crippen LogP contribution in [0.2, 0.25) is 0 Å². The maximum absolute atomic E-state index is 12.5. The first-order chi connectivity index (χ1) is 15.4. The van der Waals surface area contributed by atoms with Crippen molar-refractivity contribution in [2.75, 3.05) is 20.3 Å². The molecular weight excluding hydrogens is 410 g/mol. The molecular formula is C24H33N3O5. The molecule has 4 saturated carbocycles. The number of hydrogen-bond donors (Lipinski definition) is 3. The standard InChI is InChI=1S/C24H33N3O5/c1-3-32-19-5-4-18(9-20(19)31-2)23(30)27-26-22(29)14-25-21(28)13-24-10-15-6-16(11-24)8-17(7-15)12-24/h4-5,9,15-17H,3,6-8,10-14H2,1-2H3,(H,25,28)(H,26,29)(H,27,30). The molecule has 1 aromatic rings. The summed E-state index contributed by atoms with van der Waals surface area (Å²) in [4.78, 5) is 37.0. The predicted molar refractivity (Wildman–Crippen MR) is 118 cm³/mol. The number of hydrogen-bond acceptors (Lipinski definition) is 5. The number of rotatable bonds is 8. The van der Waals surface area contributed by atoms with E-state index < -0.39 is 11.8 Å². The molecule has 0 saturated heterocycles. The third kappa shape index (κ3) is 5.00. The van der Waals surface area contributed by atoms with Crippen LogP contribution in [0.25, 0.3) is 0 Å². The highest BCUT2D eigenvalue weighted by Gasteiger charge is 2.51. The fourth-order valence-electron chi connectivity index (χ4n) is 6.41. The van der Waals surface area contributed by atoms with E-state index in [1.165, 1.54) is 26.4 Å². The van der Waals surface area contributed by atoms with Crippen LogP contribution in [0.4, 0.5) is 0 Å². The number of methoxy groups -OCH3 is 1. The topological polar surface area (TPSA) is 106 Å². The number of amides is 3. The van der Waals surface area contributed by atoms with E-state index in [2.05, 4.69) is 16.2 Å². The summed E-state index contributed by atoms with van der Waals surface area (Å²) in [5.74, 6) is 2.29. The van der Waals surface area contributed by atoms with E-state index in [4.69, 9.17) is 9.47 Å². The average Bonchev–Trinajstić information content (AvgIpc) is 2.75. The van der Waals surface area contributed by atoms with Crippen molar-refractivity contribution < 1.29 is 23.9 Å². The van der Waals surface area contributed by atoms with Gasteiger partial charge in [0.15, 0.2) is 11.5 Å². The number of carbonyl (C=O) groups excluding carboxylic acids is 3. The predicted octanol–water partition coefficient (Wildman–Crippen LogP) is 2.58. The Kier molecular flexibility index (Phi) is 6.58. The zero-order chi connectivity index (χ0) is 22.7. The molecule has 4 aliphatic carbocycles. The van der Waals surface area contributed by atoms with Gasteiger partial charge in [0.1, 0.15) is 0 Å². The van der Waals surface area contributed by atoms with Gasteiger partial charge in [0.05, 0.1) is 20.3 Å². The second kappa shape index (κ2) is 9.38. The minimum atomic E-state index is -0.486. The molecule has 32 heavy (non-hydrogen) atoms. The minimum absolute atomic E-state index is 0.0790. The van der Waals surface area contributed by atoms with Crippen LogP contribution >= 0.6 is 0 Å². The van der Waals surface area contributed by atoms with E-state index in [1.54, 1.807) is 18.2 Å². The maximum Gasteiger partial charge on any atom is 0.269 e. The largest absolute Gasteiger partial charge is 0.493 e. The van der Waals surface area contributed by atoms with Gasteiger partial charge in [-0.2, -0.15) is 0 Å². The molecule has 0 radical (unpaired) electrons. The zero-order valence-corrected chi connectivity index (χ0v) is 18.9. The number of carbonyl (C=O) groups is 3. The normalized spacial score (nSPS) is 27.5. The minimum Gasteiger partial charge on any atom is -0.493 e. The summed E-state index contributed by atoms with van der Waals surface area (Å²) in [5, 5.41) is 2.72. The van der Waals surface area contributed by atoms with Crippen LogP contribution in [0.3, 0.4) is 0 Å². The van der Waals surface area contributed by atoms with Crippen molar-refractivity contribution >= 4 is 17.7 Å². The molecule has 0 atom stereocenters. The first-order valence-electron chi connectivity index (χ1n) is 11.6. The third-order valence-corrected chi connectivity index (χ3v) is 7.19. The summed E-state index contributed by atoms with van der Waals surface area (Å²) in [6.07, 6.45) is 7.97. The summed E-state index contributed by atoms with van der Waals surface area (Å²) in [7, 11) is 1.49. The molecule has 174 valence electrons. The fourth-order valence-corrected chi connectivity index (χ4v) is 6.41. The fraction of sp³-hybridized carbons (Fsp3) is 0.625. The van der Waals surface area contributed by atoms with Crippen molar-refractivity contribution in [1.29, 1.82) is 0 Å². The molecule has 0 aliphatic heterocycles. The molecule has 0 spiro atoms. The molecule has 0 aromatic heterocycles. The lowest BCUT2D eigenvalue weighted by Crippen LogP contribution is -2.49. The number of ether oxygens (including phenoxy) is 2. The highest BCUT2D eigenvalue weighted by atomic mass is 16.5. The van der Waals surface area contributed by atoms with Gasteiger partial charge in [-0.3, -0.25) is 25.2 Å². The van der Waals surface area contributed by atoms with Gasteiger partial charge in [0.25, 0.3) is 11.8 Å². The molecule has 4 bridgehead atoms. The second-order valence-corrected chi connectivity index (χ2v) is 9.67. The van der Waals surface area contributed by atoms with Gasteiger partial charge in [-0.05, 0) is 86.8 Å². The van der Waals surface area contributed by atoms with E-state index in [0.29, 0.717) is 30.1 Å². The Labute approximate surface area is 188 Å². The van der Waals surface area contributed by atoms with E-state index in [-0.39, 0.29) is 17.9 Å². The van der Waals surface area contributed by atoms with Crippen LogP contribution in [-0.2, 0) is 9.59 Å². The quantitative estimate of drug-likeness (QED) is 0.536. The first-order valence-corrected chi connectivity index (χ1v) is 11.6. The highest BCUT2D eigenvalue weighted by Crippen LogP contribution is 2.61. The van der Waals surface area contributed by atoms with Crippen LogP contribution in [0, 0.1) is 23.2 Å². The van der Waals surface area contributed by atoms with Crippen molar-refractivity contribution in [1.82, 2.24) is 16.2 Å². The Morgan fingerprint density at radius 2 is 1.62 bits per heavy atom. The monoisotopic (exact) mass is 443 g/mol. The van der Waals surface area contributed by atoms with Gasteiger partial charge in [-0.1, -0.05) is 0 Å². The lowest BCUT2D eigenvalue weighted by molar-refractivity contribution is -0.132. The van der Waals surface area contributed by atoms with Crippen molar-refractivity contribution in [3.05, 3.63) is 23.8 Å². The van der Waals surface area contributed by atoms with E-state index in [0.717, 1.165) is 37.0 Å². The van der Waals surface area contributed by atoms with Crippen molar-refractivity contribution in [3.63, 3.8) is 0 Å². The molecule has 4 aliphatic rings. The molecule has 5 rings (SSSR count). The molecule has 4 fully saturated rings. The third-order valence-electron chi connectivity index (χ3n) is 7.19. The van der Waals surface area contributed by atoms with Gasteiger partial charge in [-0.25, -0.2) is 0 Å². The van der Waals surface area contributed by atoms with E-state index in [1.807, 2.05) is 6.92 Å². The smallest absolute Gasteiger partial charge is 0.269 e. The van der Waals surface area contributed by atoms with Gasteiger partial charge < -0.3 is 14.8 Å². The zero-order valence-electron chi connectivity index (χ0n) is 18.9. The Morgan fingerprint density at radius 3 is 2.22 bits per heavy atom. The van der Waals surface area contributed by atoms with Gasteiger partial charge in [-0.15, -0.1) is 0 Å². The molecule has 0 heterocycles. The van der Waals surface area contributed by atoms with Crippen LogP contribution < -0.4 is 25.6 Å². The van der Waals surface area contributed by atoms with Crippen molar-refractivity contribution in [2.45, 2.75) is 51.9 Å². The molecule has 1 aromatic carbocycles. The van der Waals surface area contributed by atoms with Crippen LogP contribution in [0.15, 0.2) is 18.2 Å². The average molecular weight is 444 g/mol. The molecule has 3 N–H and O–H groups in total. The Morgan fingerprint density at radius 1 is 0.969 bits per heavy atom. The summed E-state index contributed by atoms with van der Waals surface area (Å²) < 4.78 is 10.7. The SMILES string of the molecule is CCOc1ccc(C(=O)NNC(=O)CNC(=O)CC23CC4CC(CC(C4)C2)C3)cc1OC. The highest BCUT2D eigenvalue weighted by molar-refractivity contribution is 5.96. The molecule has 0 unspecified atom stereocenters. The summed E-state index contributed by atoms with van der Waals surface area (Å²) in [5.41, 5.74) is 5.16. The molecule has 8 heteroatoms. The van der Waals surface area contributed by atoms with Gasteiger partial charge in [0.2, 0.25) is 5.91 Å². The second-order valence-electron chi connectivity index (χ2n) is 9.67. The first kappa shape index (κ1) is 22.4. The lowest BCUT2D eigenvalue weighted by atomic mass is 9.49. The summed E-state index contributed by atoms with van der Waals surface area (Å²) >= 11 is 0. The number of nitrogens with one attached hydrogen (secondary N) is 3. The van der Waals surface area contributed by atoms with Crippen LogP contribution in [0.5, 0.6) is 11.5 Å².